The quantitative estimate of drug-likeness (QED) is 0.193. The van der Waals surface area contributed by atoms with E-state index in [4.69, 9.17) is 14.2 Å². The van der Waals surface area contributed by atoms with Gasteiger partial charge in [-0.2, -0.15) is 0 Å². The number of hydrogen-bond acceptors (Lipinski definition) is 8. The molecule has 1 saturated heterocycles. The van der Waals surface area contributed by atoms with Crippen molar-refractivity contribution < 1.29 is 28.7 Å². The second-order valence-electron chi connectivity index (χ2n) is 8.12. The van der Waals surface area contributed by atoms with E-state index >= 15 is 0 Å². The summed E-state index contributed by atoms with van der Waals surface area (Å²) in [5.41, 5.74) is 2.34. The van der Waals surface area contributed by atoms with E-state index in [9.17, 15) is 19.7 Å². The molecule has 10 heteroatoms. The molecule has 3 aromatic carbocycles. The predicted octanol–water partition coefficient (Wildman–Crippen LogP) is 5.61. The number of nitrogens with zero attached hydrogens (tertiary/aromatic N) is 2. The summed E-state index contributed by atoms with van der Waals surface area (Å²) in [5, 5.41) is 10.6. The molecule has 0 unspecified atom stereocenters. The molecule has 1 fully saturated rings. The Hall–Kier alpha value is -4.31. The Kier molecular flexibility index (Phi) is 8.09. The van der Waals surface area contributed by atoms with Crippen molar-refractivity contribution in [3.8, 4) is 17.2 Å². The van der Waals surface area contributed by atoms with Gasteiger partial charge in [0.2, 0.25) is 0 Å². The fraction of sp³-hybridized carbons (Fsp3) is 0.185. The number of methoxy groups -OCH3 is 1. The minimum atomic E-state index is -0.461. The zero-order valence-corrected chi connectivity index (χ0v) is 21.0. The average Bonchev–Trinajstić information content (AvgIpc) is 3.15. The molecule has 0 aliphatic carbocycles. The monoisotopic (exact) mass is 520 g/mol. The number of rotatable bonds is 10. The van der Waals surface area contributed by atoms with Crippen LogP contribution in [0.2, 0.25) is 0 Å². The summed E-state index contributed by atoms with van der Waals surface area (Å²) in [6, 6.07) is 18.9. The number of hydrogen-bond donors (Lipinski definition) is 0. The zero-order chi connectivity index (χ0) is 26.4. The molecule has 4 rings (SSSR count). The molecule has 0 bridgehead atoms. The molecule has 0 aromatic heterocycles. The number of aryl methyl sites for hydroxylation is 1. The minimum Gasteiger partial charge on any atom is -0.493 e. The van der Waals surface area contributed by atoms with Crippen molar-refractivity contribution in [1.82, 2.24) is 4.90 Å². The fourth-order valence-electron chi connectivity index (χ4n) is 3.62. The van der Waals surface area contributed by atoms with E-state index in [1.54, 1.807) is 36.4 Å². The van der Waals surface area contributed by atoms with Gasteiger partial charge in [-0.25, -0.2) is 0 Å². The normalized spacial score (nSPS) is 14.2. The SMILES string of the molecule is COc1cc(/C=C2\SC(=O)N(CCOc3cccc(C)c3)C2=O)ccc1OCc1cccc([N+](=O)[O-])c1. The zero-order valence-electron chi connectivity index (χ0n) is 20.2. The number of thioether (sulfide) groups is 1. The van der Waals surface area contributed by atoms with E-state index in [0.717, 1.165) is 17.3 Å². The lowest BCUT2D eigenvalue weighted by molar-refractivity contribution is -0.384. The lowest BCUT2D eigenvalue weighted by Gasteiger charge is -2.13. The summed E-state index contributed by atoms with van der Waals surface area (Å²) in [7, 11) is 1.49. The van der Waals surface area contributed by atoms with E-state index in [1.807, 2.05) is 31.2 Å². The van der Waals surface area contributed by atoms with E-state index in [-0.39, 0.29) is 36.6 Å². The molecule has 1 aliphatic rings. The van der Waals surface area contributed by atoms with Crippen LogP contribution in [0.5, 0.6) is 17.2 Å². The molecular weight excluding hydrogens is 496 g/mol. The number of benzene rings is 3. The molecule has 0 atom stereocenters. The highest BCUT2D eigenvalue weighted by Gasteiger charge is 2.34. The third-order valence-electron chi connectivity index (χ3n) is 5.45. The van der Waals surface area contributed by atoms with Crippen molar-refractivity contribution in [2.75, 3.05) is 20.3 Å². The van der Waals surface area contributed by atoms with Crippen LogP contribution < -0.4 is 14.2 Å². The maximum absolute atomic E-state index is 12.8. The molecule has 9 nitrogen and oxygen atoms in total. The number of ether oxygens (including phenoxy) is 3. The first-order chi connectivity index (χ1) is 17.8. The predicted molar refractivity (Wildman–Crippen MR) is 140 cm³/mol. The van der Waals surface area contributed by atoms with Gasteiger partial charge in [0.15, 0.2) is 11.5 Å². The number of nitro benzene ring substituents is 1. The summed E-state index contributed by atoms with van der Waals surface area (Å²) in [5.74, 6) is 1.16. The van der Waals surface area contributed by atoms with Crippen LogP contribution in [0.1, 0.15) is 16.7 Å². The molecule has 37 heavy (non-hydrogen) atoms. The first-order valence-corrected chi connectivity index (χ1v) is 12.1. The first-order valence-electron chi connectivity index (χ1n) is 11.3. The Bertz CT molecular complexity index is 1370. The summed E-state index contributed by atoms with van der Waals surface area (Å²) >= 11 is 0.870. The van der Waals surface area contributed by atoms with Gasteiger partial charge in [-0.3, -0.25) is 24.6 Å². The summed E-state index contributed by atoms with van der Waals surface area (Å²) < 4.78 is 16.9. The summed E-state index contributed by atoms with van der Waals surface area (Å²) in [6.45, 7) is 2.41. The summed E-state index contributed by atoms with van der Waals surface area (Å²) in [6.07, 6.45) is 1.62. The van der Waals surface area contributed by atoms with Crippen molar-refractivity contribution in [2.24, 2.45) is 0 Å². The van der Waals surface area contributed by atoms with Gasteiger partial charge in [0, 0.05) is 12.1 Å². The minimum absolute atomic E-state index is 0.0147. The highest BCUT2D eigenvalue weighted by Crippen LogP contribution is 2.35. The Morgan fingerprint density at radius 3 is 2.57 bits per heavy atom. The maximum Gasteiger partial charge on any atom is 0.293 e. The topological polar surface area (TPSA) is 108 Å². The number of nitro groups is 1. The number of non-ortho nitro benzene ring substituents is 1. The maximum atomic E-state index is 12.8. The van der Waals surface area contributed by atoms with Crippen LogP contribution in [0.4, 0.5) is 10.5 Å². The Morgan fingerprint density at radius 2 is 1.81 bits per heavy atom. The smallest absolute Gasteiger partial charge is 0.293 e. The third kappa shape index (κ3) is 6.47. The second-order valence-corrected chi connectivity index (χ2v) is 9.12. The first kappa shape index (κ1) is 25.8. The van der Waals surface area contributed by atoms with Gasteiger partial charge in [-0.05, 0) is 65.7 Å². The van der Waals surface area contributed by atoms with Crippen LogP contribution in [0.15, 0.2) is 71.6 Å². The number of imide groups is 1. The lowest BCUT2D eigenvalue weighted by atomic mass is 10.1. The summed E-state index contributed by atoms with van der Waals surface area (Å²) in [4.78, 5) is 37.2. The molecule has 0 radical (unpaired) electrons. The standard InChI is InChI=1S/C27H24N2O7S/c1-18-5-3-8-22(13-18)35-12-11-28-26(30)25(37-27(28)31)16-19-9-10-23(24(15-19)34-2)36-17-20-6-4-7-21(14-20)29(32)33/h3-10,13-16H,11-12,17H2,1-2H3/b25-16-. The Morgan fingerprint density at radius 1 is 1.00 bits per heavy atom. The van der Waals surface area contributed by atoms with Gasteiger partial charge < -0.3 is 14.2 Å². The molecule has 1 heterocycles. The van der Waals surface area contributed by atoms with Crippen molar-refractivity contribution >= 4 is 34.7 Å². The van der Waals surface area contributed by atoms with Gasteiger partial charge in [0.25, 0.3) is 16.8 Å². The fourth-order valence-corrected chi connectivity index (χ4v) is 4.48. The van der Waals surface area contributed by atoms with E-state index in [2.05, 4.69) is 0 Å². The van der Waals surface area contributed by atoms with Gasteiger partial charge in [0.05, 0.1) is 23.5 Å². The number of amides is 2. The molecule has 0 spiro atoms. The second kappa shape index (κ2) is 11.6. The molecule has 0 N–H and O–H groups in total. The van der Waals surface area contributed by atoms with Gasteiger partial charge in [-0.15, -0.1) is 0 Å². The highest BCUT2D eigenvalue weighted by molar-refractivity contribution is 8.18. The van der Waals surface area contributed by atoms with Crippen molar-refractivity contribution in [1.29, 1.82) is 0 Å². The largest absolute Gasteiger partial charge is 0.493 e. The van der Waals surface area contributed by atoms with Crippen molar-refractivity contribution in [3.63, 3.8) is 0 Å². The third-order valence-corrected chi connectivity index (χ3v) is 6.36. The van der Waals surface area contributed by atoms with Crippen LogP contribution >= 0.6 is 11.8 Å². The average molecular weight is 521 g/mol. The van der Waals surface area contributed by atoms with Gasteiger partial charge in [-0.1, -0.05) is 30.3 Å². The van der Waals surface area contributed by atoms with E-state index < -0.39 is 4.92 Å². The van der Waals surface area contributed by atoms with Crippen molar-refractivity contribution in [3.05, 3.63) is 98.4 Å². The Labute approximate surface area is 217 Å². The molecular formula is C27H24N2O7S. The number of carbonyl (C=O) groups excluding carboxylic acids is 2. The van der Waals surface area contributed by atoms with E-state index in [1.165, 1.54) is 24.1 Å². The van der Waals surface area contributed by atoms with Crippen LogP contribution in [0.3, 0.4) is 0 Å². The lowest BCUT2D eigenvalue weighted by Crippen LogP contribution is -2.32. The van der Waals surface area contributed by atoms with Gasteiger partial charge in [0.1, 0.15) is 19.0 Å². The molecule has 2 amide bonds. The van der Waals surface area contributed by atoms with Crippen LogP contribution in [0.25, 0.3) is 6.08 Å². The van der Waals surface area contributed by atoms with Crippen LogP contribution in [-0.4, -0.2) is 41.2 Å². The Balaban J connectivity index is 1.40. The molecule has 190 valence electrons. The molecule has 3 aromatic rings. The van der Waals surface area contributed by atoms with Crippen LogP contribution in [-0.2, 0) is 11.4 Å². The highest BCUT2D eigenvalue weighted by atomic mass is 32.2. The van der Waals surface area contributed by atoms with Crippen molar-refractivity contribution in [2.45, 2.75) is 13.5 Å². The van der Waals surface area contributed by atoms with Gasteiger partial charge >= 0.3 is 0 Å². The molecule has 0 saturated carbocycles. The van der Waals surface area contributed by atoms with Crippen LogP contribution in [0, 0.1) is 17.0 Å². The number of carbonyl (C=O) groups is 2. The van der Waals surface area contributed by atoms with E-state index in [0.29, 0.717) is 33.3 Å². The molecule has 1 aliphatic heterocycles.